The number of rotatable bonds is 9. The van der Waals surface area contributed by atoms with Gasteiger partial charge in [-0.3, -0.25) is 4.79 Å². The second-order valence-corrected chi connectivity index (χ2v) is 5.95. The van der Waals surface area contributed by atoms with E-state index in [9.17, 15) is 4.79 Å². The van der Waals surface area contributed by atoms with Crippen LogP contribution in [0, 0.1) is 6.92 Å². The van der Waals surface area contributed by atoms with Crippen LogP contribution in [-0.4, -0.2) is 37.7 Å². The third kappa shape index (κ3) is 8.42. The highest BCUT2D eigenvalue weighted by atomic mass is 16.5. The minimum absolute atomic E-state index is 0.0899. The first-order chi connectivity index (χ1) is 12.0. The third-order valence-electron chi connectivity index (χ3n) is 3.26. The van der Waals surface area contributed by atoms with Crippen molar-refractivity contribution in [3.8, 4) is 5.75 Å². The summed E-state index contributed by atoms with van der Waals surface area (Å²) < 4.78 is 10.8. The molecule has 0 bridgehead atoms. The molecule has 0 spiro atoms. The van der Waals surface area contributed by atoms with Gasteiger partial charge in [-0.15, -0.1) is 0 Å². The molecule has 140 valence electrons. The first-order valence-electron chi connectivity index (χ1n) is 8.90. The van der Waals surface area contributed by atoms with Crippen molar-refractivity contribution < 1.29 is 14.3 Å². The third-order valence-corrected chi connectivity index (χ3v) is 3.26. The minimum Gasteiger partial charge on any atom is -0.494 e. The molecule has 0 fully saturated rings. The van der Waals surface area contributed by atoms with E-state index in [0.717, 1.165) is 23.4 Å². The maximum Gasteiger partial charge on any atom is 0.307 e. The van der Waals surface area contributed by atoms with Crippen LogP contribution in [-0.2, 0) is 16.1 Å². The molecular formula is C19H31N3O3. The second-order valence-electron chi connectivity index (χ2n) is 5.95. The Morgan fingerprint density at radius 3 is 2.64 bits per heavy atom. The topological polar surface area (TPSA) is 72.0 Å². The first-order valence-corrected chi connectivity index (χ1v) is 8.90. The number of guanidine groups is 1. The van der Waals surface area contributed by atoms with Gasteiger partial charge in [0.1, 0.15) is 5.75 Å². The standard InChI is InChI=1S/C19H31N3O3/c1-6-20-19(21-11-10-18(23)25-14(3)4)22-13-16-9-8-15(5)12-17(16)24-7-2/h8-9,12,14H,6-7,10-11,13H2,1-5H3,(H2,20,21,22). The molecule has 0 radical (unpaired) electrons. The predicted molar refractivity (Wildman–Crippen MR) is 101 cm³/mol. The van der Waals surface area contributed by atoms with Gasteiger partial charge >= 0.3 is 5.97 Å². The number of ether oxygens (including phenoxy) is 2. The fraction of sp³-hybridized carbons (Fsp3) is 0.579. The summed E-state index contributed by atoms with van der Waals surface area (Å²) in [4.78, 5) is 16.2. The fourth-order valence-electron chi connectivity index (χ4n) is 2.19. The zero-order chi connectivity index (χ0) is 18.7. The van der Waals surface area contributed by atoms with E-state index in [1.165, 1.54) is 0 Å². The summed E-state index contributed by atoms with van der Waals surface area (Å²) in [7, 11) is 0. The maximum absolute atomic E-state index is 11.6. The summed E-state index contributed by atoms with van der Waals surface area (Å²) >= 11 is 0. The predicted octanol–water partition coefficient (Wildman–Crippen LogP) is 2.79. The molecule has 1 rings (SSSR count). The zero-order valence-corrected chi connectivity index (χ0v) is 16.0. The number of esters is 1. The highest BCUT2D eigenvalue weighted by molar-refractivity contribution is 5.80. The monoisotopic (exact) mass is 349 g/mol. The molecule has 0 amide bonds. The molecule has 0 unspecified atom stereocenters. The summed E-state index contributed by atoms with van der Waals surface area (Å²) in [5.74, 6) is 1.32. The van der Waals surface area contributed by atoms with Crippen LogP contribution < -0.4 is 15.4 Å². The molecule has 0 aliphatic carbocycles. The lowest BCUT2D eigenvalue weighted by atomic mass is 10.1. The van der Waals surface area contributed by atoms with E-state index in [0.29, 0.717) is 32.1 Å². The lowest BCUT2D eigenvalue weighted by Crippen LogP contribution is -2.38. The summed E-state index contributed by atoms with van der Waals surface area (Å²) in [6.07, 6.45) is 0.213. The van der Waals surface area contributed by atoms with Crippen LogP contribution in [0.2, 0.25) is 0 Å². The van der Waals surface area contributed by atoms with E-state index in [-0.39, 0.29) is 12.1 Å². The quantitative estimate of drug-likeness (QED) is 0.407. The van der Waals surface area contributed by atoms with Crippen LogP contribution in [0.5, 0.6) is 5.75 Å². The fourth-order valence-corrected chi connectivity index (χ4v) is 2.19. The molecule has 1 aromatic carbocycles. The molecule has 25 heavy (non-hydrogen) atoms. The first kappa shape index (κ1) is 20.8. The van der Waals surface area contributed by atoms with Gasteiger partial charge in [-0.2, -0.15) is 0 Å². The maximum atomic E-state index is 11.6. The highest BCUT2D eigenvalue weighted by Crippen LogP contribution is 2.21. The van der Waals surface area contributed by atoms with Crippen molar-refractivity contribution in [3.05, 3.63) is 29.3 Å². The number of aliphatic imine (C=N–C) groups is 1. The smallest absolute Gasteiger partial charge is 0.307 e. The number of carbonyl (C=O) groups excluding carboxylic acids is 1. The van der Waals surface area contributed by atoms with Crippen molar-refractivity contribution in [3.63, 3.8) is 0 Å². The van der Waals surface area contributed by atoms with Crippen LogP contribution in [0.15, 0.2) is 23.2 Å². The Kier molecular flexibility index (Phi) is 9.43. The molecule has 0 aromatic heterocycles. The van der Waals surface area contributed by atoms with Gasteiger partial charge in [0, 0.05) is 18.7 Å². The average Bonchev–Trinajstić information content (AvgIpc) is 2.53. The van der Waals surface area contributed by atoms with Gasteiger partial charge in [0.25, 0.3) is 0 Å². The van der Waals surface area contributed by atoms with E-state index in [4.69, 9.17) is 9.47 Å². The van der Waals surface area contributed by atoms with Gasteiger partial charge in [-0.25, -0.2) is 4.99 Å². The summed E-state index contributed by atoms with van der Waals surface area (Å²) in [5, 5.41) is 6.33. The van der Waals surface area contributed by atoms with Crippen LogP contribution >= 0.6 is 0 Å². The molecule has 0 aliphatic heterocycles. The highest BCUT2D eigenvalue weighted by Gasteiger charge is 2.07. The molecule has 0 saturated carbocycles. The molecule has 0 aliphatic rings. The number of hydrogen-bond donors (Lipinski definition) is 2. The van der Waals surface area contributed by atoms with Gasteiger partial charge in [-0.05, 0) is 46.2 Å². The SMILES string of the molecule is CCNC(=NCc1ccc(C)cc1OCC)NCCC(=O)OC(C)C. The van der Waals surface area contributed by atoms with Crippen molar-refractivity contribution in [2.75, 3.05) is 19.7 Å². The largest absolute Gasteiger partial charge is 0.494 e. The number of nitrogens with zero attached hydrogens (tertiary/aromatic N) is 1. The lowest BCUT2D eigenvalue weighted by molar-refractivity contribution is -0.147. The van der Waals surface area contributed by atoms with Crippen LogP contribution in [0.25, 0.3) is 0 Å². The molecular weight excluding hydrogens is 318 g/mol. The average molecular weight is 349 g/mol. The number of benzene rings is 1. The van der Waals surface area contributed by atoms with Gasteiger partial charge < -0.3 is 20.1 Å². The summed E-state index contributed by atoms with van der Waals surface area (Å²) in [6, 6.07) is 6.11. The van der Waals surface area contributed by atoms with Crippen LogP contribution in [0.3, 0.4) is 0 Å². The lowest BCUT2D eigenvalue weighted by Gasteiger charge is -2.13. The van der Waals surface area contributed by atoms with Crippen LogP contribution in [0.4, 0.5) is 0 Å². The molecule has 2 N–H and O–H groups in total. The number of hydrogen-bond acceptors (Lipinski definition) is 4. The number of carbonyl (C=O) groups is 1. The van der Waals surface area contributed by atoms with Crippen molar-refractivity contribution in [2.24, 2.45) is 4.99 Å². The Labute approximate surface area is 151 Å². The van der Waals surface area contributed by atoms with E-state index in [1.807, 2.05) is 46.8 Å². The van der Waals surface area contributed by atoms with Crippen molar-refractivity contribution >= 4 is 11.9 Å². The molecule has 1 aromatic rings. The zero-order valence-electron chi connectivity index (χ0n) is 16.0. The van der Waals surface area contributed by atoms with E-state index < -0.39 is 0 Å². The Hall–Kier alpha value is -2.24. The second kappa shape index (κ2) is 11.3. The van der Waals surface area contributed by atoms with Gasteiger partial charge in [0.05, 0.1) is 25.7 Å². The van der Waals surface area contributed by atoms with Crippen molar-refractivity contribution in [1.82, 2.24) is 10.6 Å². The summed E-state index contributed by atoms with van der Waals surface area (Å²) in [5.41, 5.74) is 2.19. The Bertz CT molecular complexity index is 571. The van der Waals surface area contributed by atoms with Gasteiger partial charge in [0.15, 0.2) is 5.96 Å². The van der Waals surface area contributed by atoms with Gasteiger partial charge in [-0.1, -0.05) is 12.1 Å². The molecule has 0 saturated heterocycles. The Morgan fingerprint density at radius 2 is 2.00 bits per heavy atom. The number of aryl methyl sites for hydroxylation is 1. The van der Waals surface area contributed by atoms with Gasteiger partial charge in [0.2, 0.25) is 0 Å². The summed E-state index contributed by atoms with van der Waals surface area (Å²) in [6.45, 7) is 12.0. The molecule has 6 nitrogen and oxygen atoms in total. The Morgan fingerprint density at radius 1 is 1.24 bits per heavy atom. The van der Waals surface area contributed by atoms with Crippen molar-refractivity contribution in [2.45, 2.75) is 53.7 Å². The molecule has 0 heterocycles. The normalized spacial score (nSPS) is 11.4. The number of nitrogens with one attached hydrogen (secondary N) is 2. The van der Waals surface area contributed by atoms with Crippen molar-refractivity contribution in [1.29, 1.82) is 0 Å². The van der Waals surface area contributed by atoms with E-state index in [2.05, 4.69) is 21.7 Å². The minimum atomic E-state index is -0.212. The van der Waals surface area contributed by atoms with Crippen LogP contribution in [0.1, 0.15) is 45.2 Å². The van der Waals surface area contributed by atoms with E-state index >= 15 is 0 Å². The molecule has 6 heteroatoms. The van der Waals surface area contributed by atoms with E-state index in [1.54, 1.807) is 0 Å². The molecule has 0 atom stereocenters. The Balaban J connectivity index is 2.65.